The molecule has 36 heavy (non-hydrogen) atoms. The minimum absolute atomic E-state index is 0.145. The number of methoxy groups -OCH3 is 1. The molecule has 2 N–H and O–H groups in total. The molecule has 0 radical (unpaired) electrons. The van der Waals surface area contributed by atoms with Crippen molar-refractivity contribution in [3.8, 4) is 23.0 Å². The van der Waals surface area contributed by atoms with Crippen molar-refractivity contribution in [2.45, 2.75) is 13.2 Å². The SMILES string of the molecule is COc1cc(/C=N\NC(=O)C(=O)NCc2ccc3c(c2)OCO3)ccc1OCc1ccc(Cl)cc1Cl. The normalized spacial score (nSPS) is 11.9. The smallest absolute Gasteiger partial charge is 0.329 e. The number of benzene rings is 3. The Balaban J connectivity index is 1.28. The van der Waals surface area contributed by atoms with Crippen LogP contribution in [0.25, 0.3) is 0 Å². The van der Waals surface area contributed by atoms with Gasteiger partial charge in [-0.05, 0) is 53.6 Å². The Morgan fingerprint density at radius 2 is 1.83 bits per heavy atom. The van der Waals surface area contributed by atoms with Crippen LogP contribution < -0.4 is 29.7 Å². The maximum absolute atomic E-state index is 12.1. The molecule has 0 saturated heterocycles. The molecule has 1 aliphatic rings. The van der Waals surface area contributed by atoms with E-state index in [0.717, 1.165) is 11.1 Å². The third-order valence-electron chi connectivity index (χ3n) is 5.06. The molecule has 3 aromatic rings. The van der Waals surface area contributed by atoms with Crippen molar-refractivity contribution in [1.82, 2.24) is 10.7 Å². The Morgan fingerprint density at radius 1 is 1.00 bits per heavy atom. The fourth-order valence-corrected chi connectivity index (χ4v) is 3.67. The van der Waals surface area contributed by atoms with Gasteiger partial charge in [0, 0.05) is 22.2 Å². The van der Waals surface area contributed by atoms with Gasteiger partial charge >= 0.3 is 11.8 Å². The molecule has 1 heterocycles. The summed E-state index contributed by atoms with van der Waals surface area (Å²) in [5, 5.41) is 7.40. The van der Waals surface area contributed by atoms with Gasteiger partial charge in [0.1, 0.15) is 6.61 Å². The van der Waals surface area contributed by atoms with E-state index in [1.807, 2.05) is 0 Å². The monoisotopic (exact) mass is 529 g/mol. The zero-order valence-corrected chi connectivity index (χ0v) is 20.6. The average Bonchev–Trinajstić information content (AvgIpc) is 3.35. The van der Waals surface area contributed by atoms with Crippen molar-refractivity contribution in [3.63, 3.8) is 0 Å². The summed E-state index contributed by atoms with van der Waals surface area (Å²) < 4.78 is 21.7. The number of hydrazone groups is 1. The molecule has 0 atom stereocenters. The van der Waals surface area contributed by atoms with Crippen LogP contribution >= 0.6 is 23.2 Å². The zero-order chi connectivity index (χ0) is 25.5. The number of nitrogens with zero attached hydrogens (tertiary/aromatic N) is 1. The molecule has 2 amide bonds. The van der Waals surface area contributed by atoms with Gasteiger partial charge in [0.2, 0.25) is 6.79 Å². The van der Waals surface area contributed by atoms with E-state index in [-0.39, 0.29) is 19.9 Å². The number of hydrogen-bond donors (Lipinski definition) is 2. The Morgan fingerprint density at radius 3 is 2.64 bits per heavy atom. The van der Waals surface area contributed by atoms with Crippen LogP contribution in [0.5, 0.6) is 23.0 Å². The quantitative estimate of drug-likeness (QED) is 0.258. The number of ether oxygens (including phenoxy) is 4. The molecule has 0 aliphatic carbocycles. The third-order valence-corrected chi connectivity index (χ3v) is 5.65. The van der Waals surface area contributed by atoms with Gasteiger partial charge < -0.3 is 24.3 Å². The fourth-order valence-electron chi connectivity index (χ4n) is 3.21. The van der Waals surface area contributed by atoms with Crippen molar-refractivity contribution in [2.24, 2.45) is 5.10 Å². The van der Waals surface area contributed by atoms with Crippen LogP contribution in [0.1, 0.15) is 16.7 Å². The zero-order valence-electron chi connectivity index (χ0n) is 19.0. The van der Waals surface area contributed by atoms with Crippen LogP contribution in [0, 0.1) is 0 Å². The van der Waals surface area contributed by atoms with E-state index in [1.165, 1.54) is 13.3 Å². The lowest BCUT2D eigenvalue weighted by Gasteiger charge is -2.12. The summed E-state index contributed by atoms with van der Waals surface area (Å²) in [4.78, 5) is 24.1. The van der Waals surface area contributed by atoms with Crippen LogP contribution in [-0.2, 0) is 22.7 Å². The molecule has 0 saturated carbocycles. The Hall–Kier alpha value is -3.95. The number of amides is 2. The number of hydrogen-bond acceptors (Lipinski definition) is 7. The van der Waals surface area contributed by atoms with Crippen molar-refractivity contribution in [1.29, 1.82) is 0 Å². The predicted molar refractivity (Wildman–Crippen MR) is 134 cm³/mol. The van der Waals surface area contributed by atoms with Gasteiger partial charge in [-0.2, -0.15) is 5.10 Å². The summed E-state index contributed by atoms with van der Waals surface area (Å²) in [5.74, 6) is 0.450. The van der Waals surface area contributed by atoms with Gasteiger partial charge in [-0.25, -0.2) is 5.43 Å². The number of carbonyl (C=O) groups excluding carboxylic acids is 2. The van der Waals surface area contributed by atoms with E-state index in [1.54, 1.807) is 54.6 Å². The number of carbonyl (C=O) groups is 2. The highest BCUT2D eigenvalue weighted by molar-refractivity contribution is 6.35. The van der Waals surface area contributed by atoms with Gasteiger partial charge in [0.05, 0.1) is 13.3 Å². The van der Waals surface area contributed by atoms with Gasteiger partial charge in [0.25, 0.3) is 0 Å². The molecule has 0 aromatic heterocycles. The molecule has 0 fully saturated rings. The first kappa shape index (κ1) is 25.2. The average molecular weight is 530 g/mol. The maximum atomic E-state index is 12.1. The highest BCUT2D eigenvalue weighted by atomic mass is 35.5. The second-order valence-electron chi connectivity index (χ2n) is 7.50. The maximum Gasteiger partial charge on any atom is 0.329 e. The summed E-state index contributed by atoms with van der Waals surface area (Å²) in [7, 11) is 1.50. The molecule has 0 spiro atoms. The lowest BCUT2D eigenvalue weighted by Crippen LogP contribution is -2.37. The summed E-state index contributed by atoms with van der Waals surface area (Å²) >= 11 is 12.1. The molecule has 4 rings (SSSR count). The van der Waals surface area contributed by atoms with Crippen molar-refractivity contribution in [2.75, 3.05) is 13.9 Å². The summed E-state index contributed by atoms with van der Waals surface area (Å²) in [6, 6.07) is 15.5. The Labute approximate surface area is 216 Å². The molecule has 1 aliphatic heterocycles. The highest BCUT2D eigenvalue weighted by Crippen LogP contribution is 2.32. The third kappa shape index (κ3) is 6.38. The van der Waals surface area contributed by atoms with Crippen LogP contribution in [-0.4, -0.2) is 31.9 Å². The number of nitrogens with one attached hydrogen (secondary N) is 2. The van der Waals surface area contributed by atoms with Gasteiger partial charge in [-0.15, -0.1) is 0 Å². The number of rotatable bonds is 8. The molecule has 3 aromatic carbocycles. The molecular weight excluding hydrogens is 509 g/mol. The molecule has 0 bridgehead atoms. The first-order valence-electron chi connectivity index (χ1n) is 10.7. The van der Waals surface area contributed by atoms with Crippen molar-refractivity contribution < 1.29 is 28.5 Å². The van der Waals surface area contributed by atoms with Crippen LogP contribution in [0.2, 0.25) is 10.0 Å². The predicted octanol–water partition coefficient (Wildman–Crippen LogP) is 4.08. The molecule has 186 valence electrons. The van der Waals surface area contributed by atoms with Crippen LogP contribution in [0.15, 0.2) is 59.7 Å². The highest BCUT2D eigenvalue weighted by Gasteiger charge is 2.15. The van der Waals surface area contributed by atoms with E-state index in [0.29, 0.717) is 38.6 Å². The van der Waals surface area contributed by atoms with Gasteiger partial charge in [-0.3, -0.25) is 9.59 Å². The fraction of sp³-hybridized carbons (Fsp3) is 0.160. The van der Waals surface area contributed by atoms with E-state index >= 15 is 0 Å². The molecule has 11 heteroatoms. The van der Waals surface area contributed by atoms with E-state index in [4.69, 9.17) is 42.1 Å². The molecule has 9 nitrogen and oxygen atoms in total. The van der Waals surface area contributed by atoms with Crippen LogP contribution in [0.3, 0.4) is 0 Å². The van der Waals surface area contributed by atoms with Crippen LogP contribution in [0.4, 0.5) is 0 Å². The number of halogens is 2. The van der Waals surface area contributed by atoms with Crippen molar-refractivity contribution in [3.05, 3.63) is 81.3 Å². The minimum atomic E-state index is -0.904. The lowest BCUT2D eigenvalue weighted by molar-refractivity contribution is -0.139. The Kier molecular flexibility index (Phi) is 8.14. The van der Waals surface area contributed by atoms with E-state index in [2.05, 4.69) is 15.8 Å². The minimum Gasteiger partial charge on any atom is -0.493 e. The van der Waals surface area contributed by atoms with Crippen molar-refractivity contribution >= 4 is 41.2 Å². The standard InChI is InChI=1S/C25H21Cl2N3O6/c1-33-22-8-16(3-6-20(22)34-13-17-4-5-18(26)10-19(17)27)12-29-30-25(32)24(31)28-11-15-2-7-21-23(9-15)36-14-35-21/h2-10,12H,11,13-14H2,1H3,(H,28,31)(H,30,32)/b29-12-. The largest absolute Gasteiger partial charge is 0.493 e. The van der Waals surface area contributed by atoms with Gasteiger partial charge in [-0.1, -0.05) is 35.3 Å². The second-order valence-corrected chi connectivity index (χ2v) is 8.35. The van der Waals surface area contributed by atoms with E-state index < -0.39 is 11.8 Å². The summed E-state index contributed by atoms with van der Waals surface area (Å²) in [6.07, 6.45) is 1.38. The topological polar surface area (TPSA) is 107 Å². The lowest BCUT2D eigenvalue weighted by atomic mass is 10.2. The first-order chi connectivity index (χ1) is 17.4. The number of fused-ring (bicyclic) bond motifs is 1. The first-order valence-corrected chi connectivity index (χ1v) is 11.4. The Bertz CT molecular complexity index is 1310. The molecular formula is C25H21Cl2N3O6. The van der Waals surface area contributed by atoms with Gasteiger partial charge in [0.15, 0.2) is 23.0 Å². The molecule has 0 unspecified atom stereocenters. The van der Waals surface area contributed by atoms with E-state index in [9.17, 15) is 9.59 Å². The summed E-state index contributed by atoms with van der Waals surface area (Å²) in [6.45, 7) is 0.523. The second kappa shape index (κ2) is 11.7. The summed E-state index contributed by atoms with van der Waals surface area (Å²) in [5.41, 5.74) is 4.34.